The minimum atomic E-state index is -0.833. The highest BCUT2D eigenvalue weighted by atomic mass is 19.1. The molecule has 4 heteroatoms. The van der Waals surface area contributed by atoms with Crippen molar-refractivity contribution >= 4 is 5.97 Å². The molecule has 0 aromatic carbocycles. The SMILES string of the molecule is CC(=O)O.OCCCCF. The molecule has 0 rings (SSSR count). The largest absolute Gasteiger partial charge is 0.481 e. The number of unbranched alkanes of at least 4 members (excludes halogenated alkanes) is 1. The van der Waals surface area contributed by atoms with Crippen LogP contribution in [-0.2, 0) is 4.79 Å². The van der Waals surface area contributed by atoms with Crippen LogP contribution in [0.25, 0.3) is 0 Å². The van der Waals surface area contributed by atoms with E-state index < -0.39 is 5.97 Å². The van der Waals surface area contributed by atoms with Crippen molar-refractivity contribution in [2.75, 3.05) is 13.3 Å². The summed E-state index contributed by atoms with van der Waals surface area (Å²) in [5, 5.41) is 15.4. The fraction of sp³-hybridized carbons (Fsp3) is 0.833. The van der Waals surface area contributed by atoms with E-state index in [1.165, 1.54) is 0 Å². The summed E-state index contributed by atoms with van der Waals surface area (Å²) in [7, 11) is 0. The molecule has 0 fully saturated rings. The minimum absolute atomic E-state index is 0.115. The number of halogens is 1. The summed E-state index contributed by atoms with van der Waals surface area (Å²) in [4.78, 5) is 9.00. The Kier molecular flexibility index (Phi) is 13.5. The Morgan fingerprint density at radius 2 is 1.90 bits per heavy atom. The second-order valence-corrected chi connectivity index (χ2v) is 1.64. The number of hydrogen-bond donors (Lipinski definition) is 2. The van der Waals surface area contributed by atoms with Gasteiger partial charge in [-0.05, 0) is 12.8 Å². The van der Waals surface area contributed by atoms with E-state index in [-0.39, 0.29) is 13.3 Å². The Morgan fingerprint density at radius 3 is 2.00 bits per heavy atom. The summed E-state index contributed by atoms with van der Waals surface area (Å²) in [5.74, 6) is -0.833. The molecule has 0 atom stereocenters. The van der Waals surface area contributed by atoms with Crippen LogP contribution in [0.2, 0.25) is 0 Å². The van der Waals surface area contributed by atoms with E-state index in [1.807, 2.05) is 0 Å². The minimum Gasteiger partial charge on any atom is -0.481 e. The Bertz CT molecular complexity index is 67.4. The average molecular weight is 152 g/mol. The molecule has 0 saturated carbocycles. The highest BCUT2D eigenvalue weighted by molar-refractivity contribution is 5.62. The van der Waals surface area contributed by atoms with Crippen LogP contribution < -0.4 is 0 Å². The average Bonchev–Trinajstić information content (AvgIpc) is 1.82. The van der Waals surface area contributed by atoms with Gasteiger partial charge in [0.1, 0.15) is 0 Å². The lowest BCUT2D eigenvalue weighted by atomic mass is 10.4. The van der Waals surface area contributed by atoms with Gasteiger partial charge >= 0.3 is 0 Å². The van der Waals surface area contributed by atoms with Crippen LogP contribution in [-0.4, -0.2) is 29.5 Å². The first-order valence-corrected chi connectivity index (χ1v) is 3.01. The molecule has 0 radical (unpaired) electrons. The number of carbonyl (C=O) groups is 1. The molecule has 0 aliphatic rings. The molecule has 10 heavy (non-hydrogen) atoms. The Morgan fingerprint density at radius 1 is 1.50 bits per heavy atom. The molecule has 0 unspecified atom stereocenters. The third-order valence-corrected chi connectivity index (χ3v) is 0.542. The van der Waals surface area contributed by atoms with Gasteiger partial charge in [-0.3, -0.25) is 9.18 Å². The number of aliphatic carboxylic acids is 1. The fourth-order valence-corrected chi connectivity index (χ4v) is 0.206. The number of rotatable bonds is 3. The molecule has 0 saturated heterocycles. The lowest BCUT2D eigenvalue weighted by Gasteiger charge is -1.83. The second-order valence-electron chi connectivity index (χ2n) is 1.64. The van der Waals surface area contributed by atoms with Gasteiger partial charge < -0.3 is 10.2 Å². The van der Waals surface area contributed by atoms with Gasteiger partial charge in [-0.15, -0.1) is 0 Å². The van der Waals surface area contributed by atoms with E-state index in [0.29, 0.717) is 12.8 Å². The number of aliphatic hydroxyl groups excluding tert-OH is 1. The topological polar surface area (TPSA) is 57.5 Å². The van der Waals surface area contributed by atoms with E-state index in [0.717, 1.165) is 6.92 Å². The van der Waals surface area contributed by atoms with Gasteiger partial charge in [0.05, 0.1) is 6.67 Å². The van der Waals surface area contributed by atoms with Crippen molar-refractivity contribution in [3.05, 3.63) is 0 Å². The monoisotopic (exact) mass is 152 g/mol. The Labute approximate surface area is 59.5 Å². The van der Waals surface area contributed by atoms with E-state index in [4.69, 9.17) is 15.0 Å². The normalized spacial score (nSPS) is 7.90. The summed E-state index contributed by atoms with van der Waals surface area (Å²) in [6.07, 6.45) is 1.09. The van der Waals surface area contributed by atoms with Crippen molar-refractivity contribution < 1.29 is 19.4 Å². The van der Waals surface area contributed by atoms with Gasteiger partial charge in [0.2, 0.25) is 0 Å². The van der Waals surface area contributed by atoms with Crippen molar-refractivity contribution in [2.24, 2.45) is 0 Å². The predicted molar refractivity (Wildman–Crippen MR) is 35.6 cm³/mol. The van der Waals surface area contributed by atoms with Crippen LogP contribution in [0.15, 0.2) is 0 Å². The molecular formula is C6H13FO3. The number of alkyl halides is 1. The van der Waals surface area contributed by atoms with Crippen LogP contribution >= 0.6 is 0 Å². The molecule has 0 aliphatic carbocycles. The van der Waals surface area contributed by atoms with Gasteiger partial charge in [-0.25, -0.2) is 0 Å². The van der Waals surface area contributed by atoms with Crippen molar-refractivity contribution in [3.63, 3.8) is 0 Å². The number of carboxylic acids is 1. The Balaban J connectivity index is 0. The van der Waals surface area contributed by atoms with Crippen LogP contribution in [0.5, 0.6) is 0 Å². The summed E-state index contributed by atoms with van der Waals surface area (Å²) in [6, 6.07) is 0. The van der Waals surface area contributed by atoms with Crippen LogP contribution in [0.3, 0.4) is 0 Å². The summed E-state index contributed by atoms with van der Waals surface area (Å²) < 4.78 is 11.1. The maximum Gasteiger partial charge on any atom is 0.300 e. The standard InChI is InChI=1S/C4H9FO.C2H4O2/c5-3-1-2-4-6;1-2(3)4/h6H,1-4H2;1H3,(H,3,4). The van der Waals surface area contributed by atoms with Crippen LogP contribution in [0.1, 0.15) is 19.8 Å². The van der Waals surface area contributed by atoms with Crippen molar-refractivity contribution in [1.29, 1.82) is 0 Å². The van der Waals surface area contributed by atoms with Crippen LogP contribution in [0.4, 0.5) is 4.39 Å². The molecule has 0 aromatic rings. The van der Waals surface area contributed by atoms with Crippen molar-refractivity contribution in [3.8, 4) is 0 Å². The highest BCUT2D eigenvalue weighted by Gasteiger charge is 1.79. The molecule has 0 aliphatic heterocycles. The predicted octanol–water partition coefficient (Wildman–Crippen LogP) is 0.819. The van der Waals surface area contributed by atoms with E-state index in [1.54, 1.807) is 0 Å². The molecule has 3 nitrogen and oxygen atoms in total. The van der Waals surface area contributed by atoms with Gasteiger partial charge in [-0.2, -0.15) is 0 Å². The molecule has 0 amide bonds. The fourth-order valence-electron chi connectivity index (χ4n) is 0.206. The first kappa shape index (κ1) is 12.1. The maximum atomic E-state index is 11.1. The number of carboxylic acid groups (broad SMARTS) is 1. The summed E-state index contributed by atoms with van der Waals surface area (Å²) in [6.45, 7) is 0.893. The lowest BCUT2D eigenvalue weighted by Crippen LogP contribution is -1.81. The molecule has 0 aromatic heterocycles. The second kappa shape index (κ2) is 11.2. The lowest BCUT2D eigenvalue weighted by molar-refractivity contribution is -0.134. The third kappa shape index (κ3) is 53.5. The highest BCUT2D eigenvalue weighted by Crippen LogP contribution is 1.84. The number of aliphatic hydroxyl groups is 1. The summed E-state index contributed by atoms with van der Waals surface area (Å²) in [5.41, 5.74) is 0. The molecule has 0 spiro atoms. The van der Waals surface area contributed by atoms with E-state index in [9.17, 15) is 4.39 Å². The molecular weight excluding hydrogens is 139 g/mol. The first-order valence-electron chi connectivity index (χ1n) is 3.01. The van der Waals surface area contributed by atoms with Gasteiger partial charge in [0.15, 0.2) is 0 Å². The van der Waals surface area contributed by atoms with Gasteiger partial charge in [0, 0.05) is 13.5 Å². The zero-order valence-electron chi connectivity index (χ0n) is 6.01. The Hall–Kier alpha value is -0.640. The summed E-state index contributed by atoms with van der Waals surface area (Å²) >= 11 is 0. The molecule has 2 N–H and O–H groups in total. The van der Waals surface area contributed by atoms with E-state index in [2.05, 4.69) is 0 Å². The number of hydrogen-bond acceptors (Lipinski definition) is 2. The quantitative estimate of drug-likeness (QED) is 0.588. The zero-order chi connectivity index (χ0) is 8.41. The zero-order valence-corrected chi connectivity index (χ0v) is 6.01. The molecule has 0 bridgehead atoms. The smallest absolute Gasteiger partial charge is 0.300 e. The third-order valence-electron chi connectivity index (χ3n) is 0.542. The molecule has 0 heterocycles. The molecule has 62 valence electrons. The van der Waals surface area contributed by atoms with Crippen molar-refractivity contribution in [1.82, 2.24) is 0 Å². The first-order chi connectivity index (χ1) is 4.65. The van der Waals surface area contributed by atoms with Gasteiger partial charge in [-0.1, -0.05) is 0 Å². The van der Waals surface area contributed by atoms with Gasteiger partial charge in [0.25, 0.3) is 5.97 Å². The maximum absolute atomic E-state index is 11.1. The van der Waals surface area contributed by atoms with E-state index >= 15 is 0 Å². The van der Waals surface area contributed by atoms with Crippen LogP contribution in [0, 0.1) is 0 Å². The van der Waals surface area contributed by atoms with Crippen molar-refractivity contribution in [2.45, 2.75) is 19.8 Å².